The second kappa shape index (κ2) is 5.25. The van der Waals surface area contributed by atoms with Gasteiger partial charge in [0.25, 0.3) is 0 Å². The van der Waals surface area contributed by atoms with Crippen LogP contribution in [0.15, 0.2) is 30.3 Å². The molecule has 0 bridgehead atoms. The number of fused-ring (bicyclic) bond motifs is 1. The van der Waals surface area contributed by atoms with Crippen molar-refractivity contribution in [2.45, 2.75) is 33.2 Å². The van der Waals surface area contributed by atoms with Gasteiger partial charge in [0.15, 0.2) is 0 Å². The molecule has 0 aliphatic rings. The molecule has 0 radical (unpaired) electrons. The predicted octanol–water partition coefficient (Wildman–Crippen LogP) is 3.33. The molecule has 0 aliphatic heterocycles. The second-order valence-electron chi connectivity index (χ2n) is 4.67. The molecular weight excluding hydrogens is 226 g/mol. The van der Waals surface area contributed by atoms with E-state index in [1.807, 2.05) is 25.1 Å². The fraction of sp³-hybridized carbons (Fsp3) is 0.400. The van der Waals surface area contributed by atoms with Crippen molar-refractivity contribution in [1.29, 1.82) is 0 Å². The summed E-state index contributed by atoms with van der Waals surface area (Å²) in [5.41, 5.74) is 2.26. The van der Waals surface area contributed by atoms with Crippen LogP contribution in [-0.2, 0) is 16.1 Å². The Labute approximate surface area is 107 Å². The van der Waals surface area contributed by atoms with Crippen molar-refractivity contribution >= 4 is 16.9 Å². The van der Waals surface area contributed by atoms with E-state index >= 15 is 0 Å². The van der Waals surface area contributed by atoms with Crippen LogP contribution in [0.4, 0.5) is 0 Å². The summed E-state index contributed by atoms with van der Waals surface area (Å²) in [6, 6.07) is 10.3. The van der Waals surface area contributed by atoms with Gasteiger partial charge in [-0.2, -0.15) is 0 Å². The summed E-state index contributed by atoms with van der Waals surface area (Å²) in [6.07, 6.45) is 0. The summed E-state index contributed by atoms with van der Waals surface area (Å²) in [6.45, 7) is 6.81. The molecule has 1 aromatic carbocycles. The highest BCUT2D eigenvalue weighted by atomic mass is 16.5. The van der Waals surface area contributed by atoms with Crippen molar-refractivity contribution in [2.24, 2.45) is 0 Å². The van der Waals surface area contributed by atoms with Gasteiger partial charge >= 0.3 is 5.97 Å². The van der Waals surface area contributed by atoms with Gasteiger partial charge in [0.05, 0.1) is 6.61 Å². The number of carbonyl (C=O) groups is 1. The summed E-state index contributed by atoms with van der Waals surface area (Å²) in [4.78, 5) is 11.7. The summed E-state index contributed by atoms with van der Waals surface area (Å²) < 4.78 is 7.09. The van der Waals surface area contributed by atoms with E-state index in [1.54, 1.807) is 0 Å². The first-order chi connectivity index (χ1) is 8.63. The number of rotatable bonds is 4. The Hall–Kier alpha value is -1.77. The van der Waals surface area contributed by atoms with Crippen LogP contribution in [0.1, 0.15) is 32.4 Å². The SMILES string of the molecule is CCOC(=O)Cn1c(C(C)C)cc2ccccc21. The number of esters is 1. The van der Waals surface area contributed by atoms with Gasteiger partial charge < -0.3 is 9.30 Å². The maximum atomic E-state index is 11.7. The van der Waals surface area contributed by atoms with E-state index < -0.39 is 0 Å². The maximum Gasteiger partial charge on any atom is 0.325 e. The van der Waals surface area contributed by atoms with Crippen LogP contribution in [0.2, 0.25) is 0 Å². The van der Waals surface area contributed by atoms with Crippen LogP contribution in [0.3, 0.4) is 0 Å². The standard InChI is InChI=1S/C15H19NO2/c1-4-18-15(17)10-16-13-8-6-5-7-12(13)9-14(16)11(2)3/h5-9,11H,4,10H2,1-3H3. The highest BCUT2D eigenvalue weighted by molar-refractivity contribution is 5.83. The van der Waals surface area contributed by atoms with Gasteiger partial charge in [-0.3, -0.25) is 4.79 Å². The number of aromatic nitrogens is 1. The lowest BCUT2D eigenvalue weighted by Gasteiger charge is -2.12. The first-order valence-corrected chi connectivity index (χ1v) is 6.37. The van der Waals surface area contributed by atoms with E-state index in [2.05, 4.69) is 30.5 Å². The number of hydrogen-bond acceptors (Lipinski definition) is 2. The zero-order valence-corrected chi connectivity index (χ0v) is 11.1. The van der Waals surface area contributed by atoms with Crippen LogP contribution < -0.4 is 0 Å². The molecule has 0 unspecified atom stereocenters. The number of hydrogen-bond donors (Lipinski definition) is 0. The minimum Gasteiger partial charge on any atom is -0.465 e. The van der Waals surface area contributed by atoms with Crippen molar-refractivity contribution in [3.8, 4) is 0 Å². The molecule has 0 saturated carbocycles. The lowest BCUT2D eigenvalue weighted by atomic mass is 10.1. The molecule has 1 aromatic heterocycles. The zero-order valence-electron chi connectivity index (χ0n) is 11.1. The van der Waals surface area contributed by atoms with Gasteiger partial charge in [-0.15, -0.1) is 0 Å². The number of nitrogens with zero attached hydrogens (tertiary/aromatic N) is 1. The monoisotopic (exact) mass is 245 g/mol. The van der Waals surface area contributed by atoms with Gasteiger partial charge in [0, 0.05) is 11.2 Å². The Morgan fingerprint density at radius 1 is 1.33 bits per heavy atom. The maximum absolute atomic E-state index is 11.7. The minimum atomic E-state index is -0.180. The third-order valence-electron chi connectivity index (χ3n) is 3.03. The molecule has 96 valence electrons. The van der Waals surface area contributed by atoms with Crippen molar-refractivity contribution in [1.82, 2.24) is 4.57 Å². The number of carbonyl (C=O) groups excluding carboxylic acids is 1. The van der Waals surface area contributed by atoms with Crippen LogP contribution in [0.25, 0.3) is 10.9 Å². The molecule has 0 aliphatic carbocycles. The first kappa shape index (κ1) is 12.7. The first-order valence-electron chi connectivity index (χ1n) is 6.37. The number of benzene rings is 1. The molecule has 0 amide bonds. The van der Waals surface area contributed by atoms with Crippen molar-refractivity contribution in [3.05, 3.63) is 36.0 Å². The highest BCUT2D eigenvalue weighted by Crippen LogP contribution is 2.25. The van der Waals surface area contributed by atoms with Crippen LogP contribution in [0.5, 0.6) is 0 Å². The Balaban J connectivity index is 2.45. The fourth-order valence-corrected chi connectivity index (χ4v) is 2.22. The summed E-state index contributed by atoms with van der Waals surface area (Å²) in [7, 11) is 0. The summed E-state index contributed by atoms with van der Waals surface area (Å²) >= 11 is 0. The van der Waals surface area contributed by atoms with Crippen molar-refractivity contribution in [2.75, 3.05) is 6.61 Å². The molecule has 0 saturated heterocycles. The predicted molar refractivity (Wildman–Crippen MR) is 72.7 cm³/mol. The lowest BCUT2D eigenvalue weighted by molar-refractivity contribution is -0.143. The lowest BCUT2D eigenvalue weighted by Crippen LogP contribution is -2.15. The van der Waals surface area contributed by atoms with Gasteiger partial charge in [-0.1, -0.05) is 32.0 Å². The Bertz CT molecular complexity index is 555. The van der Waals surface area contributed by atoms with E-state index in [9.17, 15) is 4.79 Å². The summed E-state index contributed by atoms with van der Waals surface area (Å²) in [5, 5.41) is 1.17. The van der Waals surface area contributed by atoms with Gasteiger partial charge in [0.1, 0.15) is 6.54 Å². The molecule has 3 nitrogen and oxygen atoms in total. The van der Waals surface area contributed by atoms with Crippen LogP contribution in [0, 0.1) is 0 Å². The minimum absolute atomic E-state index is 0.180. The Morgan fingerprint density at radius 3 is 2.72 bits per heavy atom. The quantitative estimate of drug-likeness (QED) is 0.774. The second-order valence-corrected chi connectivity index (χ2v) is 4.67. The zero-order chi connectivity index (χ0) is 13.1. The average molecular weight is 245 g/mol. The van der Waals surface area contributed by atoms with E-state index in [4.69, 9.17) is 4.74 Å². The smallest absolute Gasteiger partial charge is 0.325 e. The molecule has 2 rings (SSSR count). The van der Waals surface area contributed by atoms with Crippen molar-refractivity contribution in [3.63, 3.8) is 0 Å². The van der Waals surface area contributed by atoms with Gasteiger partial charge in [-0.05, 0) is 30.4 Å². The highest BCUT2D eigenvalue weighted by Gasteiger charge is 2.14. The van der Waals surface area contributed by atoms with E-state index in [0.29, 0.717) is 12.5 Å². The van der Waals surface area contributed by atoms with E-state index in [0.717, 1.165) is 5.52 Å². The van der Waals surface area contributed by atoms with Crippen LogP contribution >= 0.6 is 0 Å². The molecule has 0 fully saturated rings. The molecular formula is C15H19NO2. The number of ether oxygens (including phenoxy) is 1. The third-order valence-corrected chi connectivity index (χ3v) is 3.03. The molecule has 1 heterocycles. The van der Waals surface area contributed by atoms with E-state index in [1.165, 1.54) is 11.1 Å². The molecule has 2 aromatic rings. The Morgan fingerprint density at radius 2 is 2.06 bits per heavy atom. The van der Waals surface area contributed by atoms with Crippen LogP contribution in [-0.4, -0.2) is 17.1 Å². The third kappa shape index (κ3) is 2.40. The molecule has 0 N–H and O–H groups in total. The average Bonchev–Trinajstić information content (AvgIpc) is 2.69. The Kier molecular flexibility index (Phi) is 3.70. The normalized spacial score (nSPS) is 11.1. The largest absolute Gasteiger partial charge is 0.465 e. The molecule has 3 heteroatoms. The number of para-hydroxylation sites is 1. The summed E-state index contributed by atoms with van der Waals surface area (Å²) in [5.74, 6) is 0.201. The molecule has 0 atom stereocenters. The van der Waals surface area contributed by atoms with E-state index in [-0.39, 0.29) is 12.5 Å². The van der Waals surface area contributed by atoms with Crippen molar-refractivity contribution < 1.29 is 9.53 Å². The fourth-order valence-electron chi connectivity index (χ4n) is 2.22. The molecule has 0 spiro atoms. The van der Waals surface area contributed by atoms with Gasteiger partial charge in [0.2, 0.25) is 0 Å². The topological polar surface area (TPSA) is 31.2 Å². The molecule has 18 heavy (non-hydrogen) atoms. The van der Waals surface area contributed by atoms with Gasteiger partial charge in [-0.25, -0.2) is 0 Å².